The van der Waals surface area contributed by atoms with E-state index >= 15 is 0 Å². The SMILES string of the molecule is Cc1ccc(C)c(C2CCCCCC2CNC(C)(C)C)c1. The molecule has 1 saturated carbocycles. The lowest BCUT2D eigenvalue weighted by molar-refractivity contribution is 0.321. The van der Waals surface area contributed by atoms with E-state index in [4.69, 9.17) is 0 Å². The third-order valence-electron chi connectivity index (χ3n) is 4.89. The van der Waals surface area contributed by atoms with Crippen LogP contribution in [0.3, 0.4) is 0 Å². The zero-order valence-electron chi connectivity index (χ0n) is 14.6. The minimum Gasteiger partial charge on any atom is -0.312 e. The van der Waals surface area contributed by atoms with Crippen LogP contribution in [0.25, 0.3) is 0 Å². The molecule has 0 saturated heterocycles. The maximum absolute atomic E-state index is 3.75. The number of nitrogens with one attached hydrogen (secondary N) is 1. The fourth-order valence-electron chi connectivity index (χ4n) is 3.63. The van der Waals surface area contributed by atoms with Crippen LogP contribution in [-0.2, 0) is 0 Å². The molecule has 1 N–H and O–H groups in total. The van der Waals surface area contributed by atoms with Crippen molar-refractivity contribution < 1.29 is 0 Å². The smallest absolute Gasteiger partial charge is 0.00966 e. The first-order valence-electron chi connectivity index (χ1n) is 8.69. The van der Waals surface area contributed by atoms with Crippen molar-refractivity contribution in [2.75, 3.05) is 6.54 Å². The molecule has 1 nitrogen and oxygen atoms in total. The molecule has 0 aliphatic heterocycles. The van der Waals surface area contributed by atoms with Crippen molar-refractivity contribution >= 4 is 0 Å². The van der Waals surface area contributed by atoms with Gasteiger partial charge in [0, 0.05) is 5.54 Å². The molecule has 1 aliphatic rings. The Labute approximate surface area is 131 Å². The van der Waals surface area contributed by atoms with Crippen LogP contribution in [0.2, 0.25) is 0 Å². The minimum atomic E-state index is 0.221. The number of hydrogen-bond donors (Lipinski definition) is 1. The van der Waals surface area contributed by atoms with Crippen LogP contribution in [-0.4, -0.2) is 12.1 Å². The third kappa shape index (κ3) is 4.85. The van der Waals surface area contributed by atoms with Gasteiger partial charge in [0.05, 0.1) is 0 Å². The lowest BCUT2D eigenvalue weighted by Crippen LogP contribution is -2.40. The van der Waals surface area contributed by atoms with Crippen molar-refractivity contribution in [3.8, 4) is 0 Å². The first kappa shape index (κ1) is 16.5. The van der Waals surface area contributed by atoms with Crippen molar-refractivity contribution in [3.63, 3.8) is 0 Å². The van der Waals surface area contributed by atoms with Crippen LogP contribution < -0.4 is 5.32 Å². The number of rotatable bonds is 3. The molecule has 2 rings (SSSR count). The molecule has 21 heavy (non-hydrogen) atoms. The van der Waals surface area contributed by atoms with Crippen molar-refractivity contribution in [3.05, 3.63) is 34.9 Å². The van der Waals surface area contributed by atoms with Gasteiger partial charge in [-0.05, 0) is 77.0 Å². The van der Waals surface area contributed by atoms with E-state index < -0.39 is 0 Å². The molecule has 0 amide bonds. The van der Waals surface area contributed by atoms with E-state index in [1.807, 2.05) is 0 Å². The molecule has 0 aromatic heterocycles. The van der Waals surface area contributed by atoms with E-state index in [0.717, 1.165) is 18.4 Å². The van der Waals surface area contributed by atoms with Crippen LogP contribution >= 0.6 is 0 Å². The van der Waals surface area contributed by atoms with Crippen molar-refractivity contribution in [1.82, 2.24) is 5.32 Å². The summed E-state index contributed by atoms with van der Waals surface area (Å²) in [6.45, 7) is 12.5. The van der Waals surface area contributed by atoms with E-state index in [-0.39, 0.29) is 5.54 Å². The molecule has 2 unspecified atom stereocenters. The van der Waals surface area contributed by atoms with E-state index in [0.29, 0.717) is 0 Å². The summed E-state index contributed by atoms with van der Waals surface area (Å²) >= 11 is 0. The molecule has 1 heteroatoms. The summed E-state index contributed by atoms with van der Waals surface area (Å²) in [6.07, 6.45) is 6.94. The number of hydrogen-bond acceptors (Lipinski definition) is 1. The average Bonchev–Trinajstić information content (AvgIpc) is 2.63. The summed E-state index contributed by atoms with van der Waals surface area (Å²) in [7, 11) is 0. The Balaban J connectivity index is 2.20. The largest absolute Gasteiger partial charge is 0.312 e. The predicted molar refractivity (Wildman–Crippen MR) is 93.0 cm³/mol. The third-order valence-corrected chi connectivity index (χ3v) is 4.89. The molecule has 0 heterocycles. The minimum absolute atomic E-state index is 0.221. The highest BCUT2D eigenvalue weighted by Gasteiger charge is 2.27. The van der Waals surface area contributed by atoms with Crippen LogP contribution in [0.5, 0.6) is 0 Å². The Morgan fingerprint density at radius 3 is 2.48 bits per heavy atom. The maximum atomic E-state index is 3.75. The molecule has 0 spiro atoms. The van der Waals surface area contributed by atoms with Crippen LogP contribution in [0.4, 0.5) is 0 Å². The second-order valence-corrected chi connectivity index (χ2v) is 8.00. The monoisotopic (exact) mass is 287 g/mol. The molecule has 1 aromatic rings. The standard InChI is InChI=1S/C20H33N/c1-15-11-12-16(2)19(13-15)18-10-8-6-7-9-17(18)14-21-20(3,4)5/h11-13,17-18,21H,6-10,14H2,1-5H3. The van der Waals surface area contributed by atoms with Gasteiger partial charge in [-0.2, -0.15) is 0 Å². The quantitative estimate of drug-likeness (QED) is 0.738. The first-order chi connectivity index (χ1) is 9.87. The van der Waals surface area contributed by atoms with Crippen LogP contribution in [0.1, 0.15) is 75.5 Å². The number of benzene rings is 1. The molecule has 1 aromatic carbocycles. The van der Waals surface area contributed by atoms with Gasteiger partial charge in [-0.1, -0.05) is 43.0 Å². The van der Waals surface area contributed by atoms with Gasteiger partial charge >= 0.3 is 0 Å². The van der Waals surface area contributed by atoms with Gasteiger partial charge < -0.3 is 5.32 Å². The Morgan fingerprint density at radius 2 is 1.76 bits per heavy atom. The van der Waals surface area contributed by atoms with Crippen LogP contribution in [0, 0.1) is 19.8 Å². The van der Waals surface area contributed by atoms with E-state index in [1.165, 1.54) is 43.2 Å². The lowest BCUT2D eigenvalue weighted by atomic mass is 9.80. The Kier molecular flexibility index (Phi) is 5.48. The first-order valence-corrected chi connectivity index (χ1v) is 8.69. The summed E-state index contributed by atoms with van der Waals surface area (Å²) < 4.78 is 0. The normalized spacial score (nSPS) is 23.9. The summed E-state index contributed by atoms with van der Waals surface area (Å²) in [4.78, 5) is 0. The summed E-state index contributed by atoms with van der Waals surface area (Å²) in [5.41, 5.74) is 4.71. The van der Waals surface area contributed by atoms with Crippen molar-refractivity contribution in [2.24, 2.45) is 5.92 Å². The second-order valence-electron chi connectivity index (χ2n) is 8.00. The second kappa shape index (κ2) is 6.96. The maximum Gasteiger partial charge on any atom is 0.00966 e. The highest BCUT2D eigenvalue weighted by atomic mass is 14.9. The Bertz CT molecular complexity index is 455. The highest BCUT2D eigenvalue weighted by Crippen LogP contribution is 2.38. The Hall–Kier alpha value is -0.820. The molecule has 2 atom stereocenters. The number of aryl methyl sites for hydroxylation is 2. The van der Waals surface area contributed by atoms with Gasteiger partial charge in [0.1, 0.15) is 0 Å². The van der Waals surface area contributed by atoms with E-state index in [2.05, 4.69) is 58.1 Å². The predicted octanol–water partition coefficient (Wildman–Crippen LogP) is 5.36. The fourth-order valence-corrected chi connectivity index (χ4v) is 3.63. The van der Waals surface area contributed by atoms with Crippen LogP contribution in [0.15, 0.2) is 18.2 Å². The van der Waals surface area contributed by atoms with Crippen molar-refractivity contribution in [2.45, 2.75) is 78.2 Å². The Morgan fingerprint density at radius 1 is 1.05 bits per heavy atom. The lowest BCUT2D eigenvalue weighted by Gasteiger charge is -2.31. The van der Waals surface area contributed by atoms with Gasteiger partial charge in [0.2, 0.25) is 0 Å². The molecule has 118 valence electrons. The molecular weight excluding hydrogens is 254 g/mol. The molecule has 1 aliphatic carbocycles. The highest BCUT2D eigenvalue weighted by molar-refractivity contribution is 5.34. The molecular formula is C20H33N. The van der Waals surface area contributed by atoms with Gasteiger partial charge in [-0.15, -0.1) is 0 Å². The molecule has 0 bridgehead atoms. The van der Waals surface area contributed by atoms with Gasteiger partial charge in [0.25, 0.3) is 0 Å². The molecule has 1 fully saturated rings. The fraction of sp³-hybridized carbons (Fsp3) is 0.700. The summed E-state index contributed by atoms with van der Waals surface area (Å²) in [5, 5.41) is 3.75. The topological polar surface area (TPSA) is 12.0 Å². The van der Waals surface area contributed by atoms with E-state index in [1.54, 1.807) is 5.56 Å². The van der Waals surface area contributed by atoms with Gasteiger partial charge in [-0.25, -0.2) is 0 Å². The van der Waals surface area contributed by atoms with E-state index in [9.17, 15) is 0 Å². The van der Waals surface area contributed by atoms with Gasteiger partial charge in [-0.3, -0.25) is 0 Å². The molecule has 0 radical (unpaired) electrons. The van der Waals surface area contributed by atoms with Gasteiger partial charge in [0.15, 0.2) is 0 Å². The summed E-state index contributed by atoms with van der Waals surface area (Å²) in [5.74, 6) is 1.52. The average molecular weight is 287 g/mol. The van der Waals surface area contributed by atoms with Crippen molar-refractivity contribution in [1.29, 1.82) is 0 Å². The summed E-state index contributed by atoms with van der Waals surface area (Å²) in [6, 6.07) is 7.00. The zero-order valence-corrected chi connectivity index (χ0v) is 14.6. The zero-order chi connectivity index (χ0) is 15.5.